The highest BCUT2D eigenvalue weighted by molar-refractivity contribution is 5.88. The van der Waals surface area contributed by atoms with Crippen LogP contribution < -0.4 is 5.32 Å². The number of hydrogen-bond acceptors (Lipinski definition) is 10. The van der Waals surface area contributed by atoms with E-state index in [0.29, 0.717) is 17.8 Å². The summed E-state index contributed by atoms with van der Waals surface area (Å²) < 4.78 is 23.5. The second-order valence-electron chi connectivity index (χ2n) is 9.91. The second-order valence-corrected chi connectivity index (χ2v) is 9.91. The van der Waals surface area contributed by atoms with Crippen LogP contribution in [0.3, 0.4) is 0 Å². The molecule has 0 spiro atoms. The van der Waals surface area contributed by atoms with Gasteiger partial charge in [0, 0.05) is 0 Å². The van der Waals surface area contributed by atoms with Gasteiger partial charge in [0.15, 0.2) is 12.6 Å². The summed E-state index contributed by atoms with van der Waals surface area (Å²) in [5.41, 5.74) is -1.15. The van der Waals surface area contributed by atoms with Crippen LogP contribution in [0.25, 0.3) is 5.52 Å². The summed E-state index contributed by atoms with van der Waals surface area (Å²) in [5.74, 6) is -0.231. The van der Waals surface area contributed by atoms with Crippen molar-refractivity contribution in [3.8, 4) is 0 Å². The van der Waals surface area contributed by atoms with Crippen LogP contribution in [0.4, 0.5) is 10.6 Å². The van der Waals surface area contributed by atoms with Gasteiger partial charge in [0.2, 0.25) is 0 Å². The SMILES string of the molecule is CCCCCOC(=O)Nc1ncnn2c([C@]3(C)O[C@H](CO)[C@@H](OCOC(=O)C(C)(C)C)[C@H]3O)ccc12. The third kappa shape index (κ3) is 5.94. The number of esters is 1. The molecule has 3 rings (SSSR count). The van der Waals surface area contributed by atoms with E-state index in [1.807, 2.05) is 0 Å². The van der Waals surface area contributed by atoms with Crippen molar-refractivity contribution in [2.75, 3.05) is 25.3 Å². The van der Waals surface area contributed by atoms with Crippen LogP contribution in [-0.4, -0.2) is 75.2 Å². The second kappa shape index (κ2) is 11.5. The molecule has 0 aromatic carbocycles. The first-order valence-electron chi connectivity index (χ1n) is 12.1. The molecule has 4 atom stereocenters. The third-order valence-electron chi connectivity index (χ3n) is 6.04. The first kappa shape index (κ1) is 27.8. The van der Waals surface area contributed by atoms with Crippen molar-refractivity contribution in [2.24, 2.45) is 5.41 Å². The van der Waals surface area contributed by atoms with Crippen molar-refractivity contribution in [1.29, 1.82) is 0 Å². The zero-order valence-electron chi connectivity index (χ0n) is 21.4. The lowest BCUT2D eigenvalue weighted by Gasteiger charge is -2.28. The van der Waals surface area contributed by atoms with Crippen LogP contribution >= 0.6 is 0 Å². The molecular weight excluding hydrogens is 472 g/mol. The fraction of sp³-hybridized carbons (Fsp3) is 0.667. The quantitative estimate of drug-likeness (QED) is 0.248. The van der Waals surface area contributed by atoms with Gasteiger partial charge in [-0.3, -0.25) is 10.1 Å². The van der Waals surface area contributed by atoms with E-state index in [2.05, 4.69) is 22.3 Å². The number of nitrogens with one attached hydrogen (secondary N) is 1. The van der Waals surface area contributed by atoms with Gasteiger partial charge in [0.1, 0.15) is 35.8 Å². The maximum Gasteiger partial charge on any atom is 0.412 e. The fourth-order valence-electron chi connectivity index (χ4n) is 3.96. The number of carbonyl (C=O) groups is 2. The Kier molecular flexibility index (Phi) is 8.88. The third-order valence-corrected chi connectivity index (χ3v) is 6.04. The van der Waals surface area contributed by atoms with E-state index in [-0.39, 0.29) is 5.82 Å². The van der Waals surface area contributed by atoms with E-state index in [4.69, 9.17) is 18.9 Å². The van der Waals surface area contributed by atoms with Crippen molar-refractivity contribution in [3.63, 3.8) is 0 Å². The Morgan fingerprint density at radius 3 is 2.67 bits per heavy atom. The molecule has 1 fully saturated rings. The number of ether oxygens (including phenoxy) is 4. The van der Waals surface area contributed by atoms with Crippen LogP contribution in [-0.2, 0) is 29.3 Å². The fourth-order valence-corrected chi connectivity index (χ4v) is 3.96. The predicted octanol–water partition coefficient (Wildman–Crippen LogP) is 2.37. The molecule has 200 valence electrons. The number of hydrogen-bond donors (Lipinski definition) is 3. The highest BCUT2D eigenvalue weighted by atomic mass is 16.7. The number of fused-ring (bicyclic) bond motifs is 1. The molecule has 12 nitrogen and oxygen atoms in total. The van der Waals surface area contributed by atoms with Gasteiger partial charge in [-0.25, -0.2) is 14.3 Å². The Labute approximate surface area is 209 Å². The number of carbonyl (C=O) groups excluding carboxylic acids is 2. The van der Waals surface area contributed by atoms with Crippen molar-refractivity contribution in [2.45, 2.75) is 77.8 Å². The van der Waals surface area contributed by atoms with Crippen molar-refractivity contribution in [1.82, 2.24) is 14.6 Å². The van der Waals surface area contributed by atoms with E-state index in [1.165, 1.54) is 10.8 Å². The van der Waals surface area contributed by atoms with Crippen LogP contribution in [0, 0.1) is 5.41 Å². The van der Waals surface area contributed by atoms with Gasteiger partial charge in [-0.15, -0.1) is 0 Å². The molecule has 2 aromatic heterocycles. The maximum atomic E-state index is 12.2. The number of unbranched alkanes of at least 4 members (excludes halogenated alkanes) is 2. The number of nitrogens with zero attached hydrogens (tertiary/aromatic N) is 3. The summed E-state index contributed by atoms with van der Waals surface area (Å²) in [6.45, 7) is 8.32. The number of rotatable bonds is 10. The molecule has 1 saturated heterocycles. The zero-order chi connectivity index (χ0) is 26.5. The largest absolute Gasteiger partial charge is 0.449 e. The number of aliphatic hydroxyl groups is 2. The molecule has 3 heterocycles. The van der Waals surface area contributed by atoms with Gasteiger partial charge in [-0.05, 0) is 46.2 Å². The normalized spacial score (nSPS) is 24.1. The van der Waals surface area contributed by atoms with Gasteiger partial charge in [0.05, 0.1) is 24.3 Å². The average Bonchev–Trinajstić information content (AvgIpc) is 3.37. The van der Waals surface area contributed by atoms with Gasteiger partial charge in [-0.2, -0.15) is 5.10 Å². The maximum absolute atomic E-state index is 12.2. The monoisotopic (exact) mass is 508 g/mol. The van der Waals surface area contributed by atoms with E-state index in [9.17, 15) is 19.8 Å². The van der Waals surface area contributed by atoms with Gasteiger partial charge < -0.3 is 29.2 Å². The number of aromatic nitrogens is 3. The summed E-state index contributed by atoms with van der Waals surface area (Å²) in [6, 6.07) is 3.36. The highest BCUT2D eigenvalue weighted by Gasteiger charge is 2.54. The van der Waals surface area contributed by atoms with E-state index in [1.54, 1.807) is 39.8 Å². The van der Waals surface area contributed by atoms with Crippen LogP contribution in [0.1, 0.15) is 59.6 Å². The Hall–Kier alpha value is -2.80. The number of amides is 1. The van der Waals surface area contributed by atoms with Crippen LogP contribution in [0.15, 0.2) is 18.5 Å². The lowest BCUT2D eigenvalue weighted by atomic mass is 9.93. The highest BCUT2D eigenvalue weighted by Crippen LogP contribution is 2.41. The summed E-state index contributed by atoms with van der Waals surface area (Å²) >= 11 is 0. The van der Waals surface area contributed by atoms with Crippen LogP contribution in [0.2, 0.25) is 0 Å². The molecule has 0 radical (unpaired) electrons. The predicted molar refractivity (Wildman–Crippen MR) is 128 cm³/mol. The van der Waals surface area contributed by atoms with Crippen LogP contribution in [0.5, 0.6) is 0 Å². The molecular formula is C24H36N4O8. The molecule has 0 unspecified atom stereocenters. The molecule has 12 heteroatoms. The molecule has 3 N–H and O–H groups in total. The first-order valence-corrected chi connectivity index (χ1v) is 12.1. The van der Waals surface area contributed by atoms with Gasteiger partial charge >= 0.3 is 12.1 Å². The lowest BCUT2D eigenvalue weighted by molar-refractivity contribution is -0.177. The lowest BCUT2D eigenvalue weighted by Crippen LogP contribution is -2.41. The van der Waals surface area contributed by atoms with Crippen molar-refractivity contribution in [3.05, 3.63) is 24.2 Å². The number of anilines is 1. The van der Waals surface area contributed by atoms with Gasteiger partial charge in [-0.1, -0.05) is 19.8 Å². The van der Waals surface area contributed by atoms with Gasteiger partial charge in [0.25, 0.3) is 0 Å². The Morgan fingerprint density at radius 1 is 1.25 bits per heavy atom. The standard InChI is InChI=1S/C24H36N4O8/c1-6-7-8-11-33-22(32)27-20-15-9-10-17(28(15)26-13-25-20)24(5)19(30)18(16(12-29)36-24)34-14-35-21(31)23(2,3)4/h9-10,13,16,18-19,29-30H,6-8,11-12,14H2,1-5H3,(H,25,26,27,32)/t16-,18-,19-,24+/m1/s1. The molecule has 2 aromatic rings. The molecule has 1 aliphatic rings. The average molecular weight is 509 g/mol. The molecule has 0 aliphatic carbocycles. The van der Waals surface area contributed by atoms with E-state index >= 15 is 0 Å². The smallest absolute Gasteiger partial charge is 0.412 e. The minimum Gasteiger partial charge on any atom is -0.449 e. The van der Waals surface area contributed by atoms with Crippen molar-refractivity contribution >= 4 is 23.4 Å². The Balaban J connectivity index is 1.76. The van der Waals surface area contributed by atoms with E-state index in [0.717, 1.165) is 19.3 Å². The molecule has 36 heavy (non-hydrogen) atoms. The van der Waals surface area contributed by atoms with Crippen molar-refractivity contribution < 1.29 is 38.7 Å². The molecule has 0 bridgehead atoms. The number of aliphatic hydroxyl groups excluding tert-OH is 2. The molecule has 0 saturated carbocycles. The summed E-state index contributed by atoms with van der Waals surface area (Å²) in [7, 11) is 0. The van der Waals surface area contributed by atoms with E-state index < -0.39 is 54.8 Å². The summed E-state index contributed by atoms with van der Waals surface area (Å²) in [4.78, 5) is 28.3. The Bertz CT molecular complexity index is 1050. The summed E-state index contributed by atoms with van der Waals surface area (Å²) in [6.07, 6.45) is 0.285. The molecule has 1 aliphatic heterocycles. The minimum absolute atomic E-state index is 0.230. The minimum atomic E-state index is -1.34. The first-order chi connectivity index (χ1) is 17.0. The summed E-state index contributed by atoms with van der Waals surface area (Å²) in [5, 5.41) is 27.9. The topological polar surface area (TPSA) is 154 Å². The Morgan fingerprint density at radius 2 is 2.00 bits per heavy atom. The molecule has 1 amide bonds. The zero-order valence-corrected chi connectivity index (χ0v) is 21.4.